The highest BCUT2D eigenvalue weighted by Crippen LogP contribution is 2.16. The molecule has 25 heavy (non-hydrogen) atoms. The van der Waals surface area contributed by atoms with Gasteiger partial charge >= 0.3 is 0 Å². The molecule has 142 valence electrons. The Balaban J connectivity index is 0.00000156. The molecule has 0 spiro atoms. The first-order chi connectivity index (χ1) is 11.2. The summed E-state index contributed by atoms with van der Waals surface area (Å²) >= 11 is 5.92. The predicted molar refractivity (Wildman–Crippen MR) is 105 cm³/mol. The molecule has 0 bridgehead atoms. The van der Waals surface area contributed by atoms with Crippen molar-refractivity contribution in [3.8, 4) is 0 Å². The van der Waals surface area contributed by atoms with Crippen LogP contribution in [0.2, 0.25) is 5.02 Å². The minimum absolute atomic E-state index is 0. The molecule has 1 aromatic rings. The fourth-order valence-corrected chi connectivity index (χ4v) is 3.25. The molecular formula is C17H26Cl3N3O2. The van der Waals surface area contributed by atoms with Gasteiger partial charge in [-0.15, -0.1) is 24.8 Å². The number of likely N-dealkylation sites (tertiary alicyclic amines) is 1. The predicted octanol–water partition coefficient (Wildman–Crippen LogP) is 2.25. The van der Waals surface area contributed by atoms with Crippen LogP contribution in [0.15, 0.2) is 24.3 Å². The lowest BCUT2D eigenvalue weighted by Crippen LogP contribution is -2.54. The Hall–Kier alpha value is -0.560. The summed E-state index contributed by atoms with van der Waals surface area (Å²) < 4.78 is 5.34. The van der Waals surface area contributed by atoms with Gasteiger partial charge in [0.15, 0.2) is 0 Å². The van der Waals surface area contributed by atoms with E-state index in [9.17, 15) is 4.79 Å². The number of benzene rings is 1. The number of nitrogens with one attached hydrogen (secondary N) is 2. The smallest absolute Gasteiger partial charge is 0.239 e. The van der Waals surface area contributed by atoms with Crippen molar-refractivity contribution < 1.29 is 9.53 Å². The van der Waals surface area contributed by atoms with Crippen molar-refractivity contribution in [3.63, 3.8) is 0 Å². The van der Waals surface area contributed by atoms with Crippen molar-refractivity contribution >= 4 is 42.3 Å². The number of carbonyl (C=O) groups is 1. The van der Waals surface area contributed by atoms with Gasteiger partial charge < -0.3 is 15.4 Å². The molecule has 2 fully saturated rings. The summed E-state index contributed by atoms with van der Waals surface area (Å²) in [5.41, 5.74) is 1.28. The van der Waals surface area contributed by atoms with Crippen LogP contribution in [0.3, 0.4) is 0 Å². The number of hydrogen-bond donors (Lipinski definition) is 2. The quantitative estimate of drug-likeness (QED) is 0.799. The van der Waals surface area contributed by atoms with E-state index >= 15 is 0 Å². The number of carbonyl (C=O) groups excluding carboxylic acids is 1. The number of hydrogen-bond acceptors (Lipinski definition) is 4. The molecule has 2 aliphatic heterocycles. The lowest BCUT2D eigenvalue weighted by atomic mass is 10.0. The molecular weight excluding hydrogens is 385 g/mol. The second kappa shape index (κ2) is 11.2. The number of ether oxygens (including phenoxy) is 1. The van der Waals surface area contributed by atoms with E-state index in [-0.39, 0.29) is 42.8 Å². The molecule has 2 saturated heterocycles. The number of rotatable bonds is 4. The Morgan fingerprint density at radius 2 is 1.92 bits per heavy atom. The van der Waals surface area contributed by atoms with E-state index in [0.717, 1.165) is 44.0 Å². The second-order valence-corrected chi connectivity index (χ2v) is 6.70. The minimum atomic E-state index is -0.198. The van der Waals surface area contributed by atoms with E-state index in [1.807, 2.05) is 12.1 Å². The summed E-state index contributed by atoms with van der Waals surface area (Å²) in [5.74, 6) is 0.0702. The maximum absolute atomic E-state index is 12.2. The van der Waals surface area contributed by atoms with Crippen LogP contribution >= 0.6 is 36.4 Å². The van der Waals surface area contributed by atoms with Crippen LogP contribution in [0.4, 0.5) is 0 Å². The molecule has 1 amide bonds. The fraction of sp³-hybridized carbons (Fsp3) is 0.588. The molecule has 2 aliphatic rings. The van der Waals surface area contributed by atoms with Gasteiger partial charge in [-0.3, -0.25) is 9.69 Å². The van der Waals surface area contributed by atoms with Crippen molar-refractivity contribution in [1.29, 1.82) is 0 Å². The summed E-state index contributed by atoms with van der Waals surface area (Å²) in [7, 11) is 0. The van der Waals surface area contributed by atoms with E-state index in [2.05, 4.69) is 27.7 Å². The van der Waals surface area contributed by atoms with Crippen molar-refractivity contribution in [3.05, 3.63) is 34.9 Å². The molecule has 1 aromatic carbocycles. The molecule has 0 aliphatic carbocycles. The zero-order valence-electron chi connectivity index (χ0n) is 14.1. The first kappa shape index (κ1) is 22.5. The third kappa shape index (κ3) is 6.93. The van der Waals surface area contributed by atoms with Crippen molar-refractivity contribution in [1.82, 2.24) is 15.5 Å². The molecule has 0 radical (unpaired) electrons. The van der Waals surface area contributed by atoms with Gasteiger partial charge in [0.1, 0.15) is 6.04 Å². The monoisotopic (exact) mass is 409 g/mol. The first-order valence-corrected chi connectivity index (χ1v) is 8.67. The Kier molecular flexibility index (Phi) is 10.1. The average molecular weight is 411 g/mol. The standard InChI is InChI=1S/C17H24ClN3O2.2ClH/c18-14-3-1-13(2-4-14)11-21-8-5-15(6-9-21)20-17(22)16-12-23-10-7-19-16;;/h1-4,15-16,19H,5-12H2,(H,20,22);2*1H. The Morgan fingerprint density at radius 3 is 2.52 bits per heavy atom. The van der Waals surface area contributed by atoms with Gasteiger partial charge in [-0.05, 0) is 30.5 Å². The van der Waals surface area contributed by atoms with Gasteiger partial charge in [-0.1, -0.05) is 23.7 Å². The minimum Gasteiger partial charge on any atom is -0.378 e. The van der Waals surface area contributed by atoms with Gasteiger partial charge in [0.05, 0.1) is 13.2 Å². The Labute approximate surface area is 166 Å². The average Bonchev–Trinajstić information content (AvgIpc) is 2.59. The maximum Gasteiger partial charge on any atom is 0.239 e. The van der Waals surface area contributed by atoms with Crippen molar-refractivity contribution in [2.75, 3.05) is 32.8 Å². The number of amides is 1. The Morgan fingerprint density at radius 1 is 1.24 bits per heavy atom. The van der Waals surface area contributed by atoms with Crippen molar-refractivity contribution in [2.45, 2.75) is 31.5 Å². The van der Waals surface area contributed by atoms with Gasteiger partial charge in [0, 0.05) is 37.2 Å². The van der Waals surface area contributed by atoms with Crippen molar-refractivity contribution in [2.24, 2.45) is 0 Å². The summed E-state index contributed by atoms with van der Waals surface area (Å²) in [6.45, 7) is 4.85. The molecule has 2 N–H and O–H groups in total. The molecule has 8 heteroatoms. The van der Waals surface area contributed by atoms with E-state index in [1.165, 1.54) is 5.56 Å². The number of morpholine rings is 1. The topological polar surface area (TPSA) is 53.6 Å². The molecule has 1 unspecified atom stereocenters. The number of piperidine rings is 1. The molecule has 2 heterocycles. The van der Waals surface area contributed by atoms with E-state index in [4.69, 9.17) is 16.3 Å². The SMILES string of the molecule is Cl.Cl.O=C(NC1CCN(Cc2ccc(Cl)cc2)CC1)C1COCCN1. The van der Waals surface area contributed by atoms with Crippen LogP contribution in [-0.4, -0.2) is 55.7 Å². The highest BCUT2D eigenvalue weighted by molar-refractivity contribution is 6.30. The largest absolute Gasteiger partial charge is 0.378 e. The van der Waals surface area contributed by atoms with Gasteiger partial charge in [0.25, 0.3) is 0 Å². The van der Waals surface area contributed by atoms with Crippen LogP contribution in [-0.2, 0) is 16.1 Å². The van der Waals surface area contributed by atoms with E-state index < -0.39 is 0 Å². The van der Waals surface area contributed by atoms with Crippen LogP contribution in [0.5, 0.6) is 0 Å². The van der Waals surface area contributed by atoms with Gasteiger partial charge in [0.2, 0.25) is 5.91 Å². The van der Waals surface area contributed by atoms with Crippen LogP contribution < -0.4 is 10.6 Å². The summed E-state index contributed by atoms with van der Waals surface area (Å²) in [6, 6.07) is 8.09. The highest BCUT2D eigenvalue weighted by atomic mass is 35.5. The summed E-state index contributed by atoms with van der Waals surface area (Å²) in [4.78, 5) is 14.6. The van der Waals surface area contributed by atoms with Gasteiger partial charge in [-0.2, -0.15) is 0 Å². The molecule has 0 saturated carbocycles. The third-order valence-electron chi connectivity index (χ3n) is 4.49. The maximum atomic E-state index is 12.2. The normalized spacial score (nSPS) is 21.7. The first-order valence-electron chi connectivity index (χ1n) is 8.29. The molecule has 3 rings (SSSR count). The summed E-state index contributed by atoms with van der Waals surface area (Å²) in [6.07, 6.45) is 1.99. The second-order valence-electron chi connectivity index (χ2n) is 6.27. The van der Waals surface area contributed by atoms with Gasteiger partial charge in [-0.25, -0.2) is 0 Å². The van der Waals surface area contributed by atoms with Crippen LogP contribution in [0.25, 0.3) is 0 Å². The highest BCUT2D eigenvalue weighted by Gasteiger charge is 2.25. The molecule has 5 nitrogen and oxygen atoms in total. The zero-order chi connectivity index (χ0) is 16.1. The third-order valence-corrected chi connectivity index (χ3v) is 4.74. The van der Waals surface area contributed by atoms with E-state index in [0.29, 0.717) is 13.2 Å². The fourth-order valence-electron chi connectivity index (χ4n) is 3.12. The summed E-state index contributed by atoms with van der Waals surface area (Å²) in [5, 5.41) is 7.12. The number of nitrogens with zero attached hydrogens (tertiary/aromatic N) is 1. The van der Waals surface area contributed by atoms with Crippen LogP contribution in [0.1, 0.15) is 18.4 Å². The lowest BCUT2D eigenvalue weighted by Gasteiger charge is -2.33. The van der Waals surface area contributed by atoms with Crippen LogP contribution in [0, 0.1) is 0 Å². The number of halogens is 3. The van der Waals surface area contributed by atoms with E-state index in [1.54, 1.807) is 0 Å². The Bertz CT molecular complexity index is 516. The molecule has 0 aromatic heterocycles. The molecule has 1 atom stereocenters. The lowest BCUT2D eigenvalue weighted by molar-refractivity contribution is -0.126. The zero-order valence-corrected chi connectivity index (χ0v) is 16.5.